The average molecular weight is 352 g/mol. The van der Waals surface area contributed by atoms with Crippen LogP contribution in [0.25, 0.3) is 0 Å². The molecule has 136 valence electrons. The van der Waals surface area contributed by atoms with Crippen LogP contribution >= 0.6 is 11.3 Å². The Morgan fingerprint density at radius 2 is 2.08 bits per heavy atom. The van der Waals surface area contributed by atoms with Crippen LogP contribution in [0.15, 0.2) is 11.2 Å². The molecule has 2 heterocycles. The van der Waals surface area contributed by atoms with Gasteiger partial charge in [0.15, 0.2) is 5.96 Å². The predicted molar refractivity (Wildman–Crippen MR) is 104 cm³/mol. The Labute approximate surface area is 151 Å². The van der Waals surface area contributed by atoms with Crippen LogP contribution in [0.5, 0.6) is 0 Å². The lowest BCUT2D eigenvalue weighted by Gasteiger charge is -2.29. The lowest BCUT2D eigenvalue weighted by molar-refractivity contribution is 0.197. The molecule has 0 radical (unpaired) electrons. The number of nitrogens with zero attached hydrogens (tertiary/aromatic N) is 3. The summed E-state index contributed by atoms with van der Waals surface area (Å²) in [5.74, 6) is 1.56. The van der Waals surface area contributed by atoms with Gasteiger partial charge in [-0.3, -0.25) is 9.89 Å². The second kappa shape index (κ2) is 9.99. The second-order valence-electron chi connectivity index (χ2n) is 6.82. The molecule has 6 heteroatoms. The molecule has 1 atom stereocenters. The van der Waals surface area contributed by atoms with Gasteiger partial charge in [0.25, 0.3) is 0 Å². The van der Waals surface area contributed by atoms with Gasteiger partial charge in [-0.1, -0.05) is 13.8 Å². The summed E-state index contributed by atoms with van der Waals surface area (Å²) in [7, 11) is 0. The first-order chi connectivity index (χ1) is 11.6. The molecule has 1 saturated heterocycles. The van der Waals surface area contributed by atoms with Crippen LogP contribution in [-0.2, 0) is 6.42 Å². The zero-order chi connectivity index (χ0) is 17.4. The number of thiazole rings is 1. The first kappa shape index (κ1) is 19.2. The lowest BCUT2D eigenvalue weighted by atomic mass is 10.0. The first-order valence-electron chi connectivity index (χ1n) is 9.27. The molecule has 0 saturated carbocycles. The molecule has 1 aliphatic heterocycles. The van der Waals surface area contributed by atoms with Gasteiger partial charge in [-0.25, -0.2) is 4.98 Å². The summed E-state index contributed by atoms with van der Waals surface area (Å²) >= 11 is 1.77. The lowest BCUT2D eigenvalue weighted by Crippen LogP contribution is -2.42. The number of hydrogen-bond acceptors (Lipinski definition) is 4. The molecule has 24 heavy (non-hydrogen) atoms. The van der Waals surface area contributed by atoms with E-state index in [-0.39, 0.29) is 0 Å². The van der Waals surface area contributed by atoms with Crippen molar-refractivity contribution in [2.75, 3.05) is 32.7 Å². The largest absolute Gasteiger partial charge is 0.357 e. The number of aromatic nitrogens is 1. The van der Waals surface area contributed by atoms with Crippen LogP contribution in [0.3, 0.4) is 0 Å². The second-order valence-corrected chi connectivity index (χ2v) is 8.13. The van der Waals surface area contributed by atoms with E-state index in [9.17, 15) is 0 Å². The minimum atomic E-state index is 0.546. The van der Waals surface area contributed by atoms with Crippen LogP contribution in [0, 0.1) is 12.8 Å². The number of guanidine groups is 1. The molecule has 1 unspecified atom stereocenters. The van der Waals surface area contributed by atoms with E-state index in [0.29, 0.717) is 12.0 Å². The zero-order valence-electron chi connectivity index (χ0n) is 15.6. The third-order valence-corrected chi connectivity index (χ3v) is 5.43. The van der Waals surface area contributed by atoms with Gasteiger partial charge in [-0.2, -0.15) is 0 Å². The molecule has 1 aromatic heterocycles. The SMILES string of the molecule is CCNC(=NCC(C(C)C)N1CCCC1)NCCc1ncc(C)s1. The predicted octanol–water partition coefficient (Wildman–Crippen LogP) is 2.67. The Hall–Kier alpha value is -1.14. The van der Waals surface area contributed by atoms with Crippen LogP contribution < -0.4 is 10.6 Å². The molecule has 1 aliphatic rings. The fourth-order valence-corrected chi connectivity index (χ4v) is 3.94. The van der Waals surface area contributed by atoms with Crippen LogP contribution in [0.1, 0.15) is 43.5 Å². The molecule has 0 aromatic carbocycles. The minimum absolute atomic E-state index is 0.546. The minimum Gasteiger partial charge on any atom is -0.357 e. The summed E-state index contributed by atoms with van der Waals surface area (Å²) < 4.78 is 0. The molecule has 5 nitrogen and oxygen atoms in total. The number of aliphatic imine (C=N–C) groups is 1. The molecule has 1 fully saturated rings. The summed E-state index contributed by atoms with van der Waals surface area (Å²) in [6, 6.07) is 0.546. The molecule has 0 bridgehead atoms. The maximum atomic E-state index is 4.85. The number of hydrogen-bond donors (Lipinski definition) is 2. The van der Waals surface area contributed by atoms with Gasteiger partial charge in [0.05, 0.1) is 11.6 Å². The number of rotatable bonds is 8. The first-order valence-corrected chi connectivity index (χ1v) is 10.1. The smallest absolute Gasteiger partial charge is 0.191 e. The van der Waals surface area contributed by atoms with Crippen molar-refractivity contribution in [2.24, 2.45) is 10.9 Å². The van der Waals surface area contributed by atoms with E-state index >= 15 is 0 Å². The van der Waals surface area contributed by atoms with Crippen molar-refractivity contribution in [3.05, 3.63) is 16.1 Å². The van der Waals surface area contributed by atoms with E-state index in [2.05, 4.69) is 48.2 Å². The Balaban J connectivity index is 1.85. The van der Waals surface area contributed by atoms with Crippen molar-refractivity contribution in [1.82, 2.24) is 20.5 Å². The van der Waals surface area contributed by atoms with E-state index < -0.39 is 0 Å². The fourth-order valence-electron chi connectivity index (χ4n) is 3.15. The molecule has 0 amide bonds. The maximum Gasteiger partial charge on any atom is 0.191 e. The van der Waals surface area contributed by atoms with Gasteiger partial charge >= 0.3 is 0 Å². The molecule has 2 N–H and O–H groups in total. The molecule has 1 aromatic rings. The van der Waals surface area contributed by atoms with Crippen molar-refractivity contribution in [3.63, 3.8) is 0 Å². The normalized spacial score (nSPS) is 17.5. The number of likely N-dealkylation sites (tertiary alicyclic amines) is 1. The van der Waals surface area contributed by atoms with Gasteiger partial charge in [-0.15, -0.1) is 11.3 Å². The van der Waals surface area contributed by atoms with Crippen molar-refractivity contribution in [3.8, 4) is 0 Å². The summed E-state index contributed by atoms with van der Waals surface area (Å²) in [6.07, 6.45) is 5.56. The highest BCUT2D eigenvalue weighted by Gasteiger charge is 2.24. The van der Waals surface area contributed by atoms with Crippen LogP contribution in [0.2, 0.25) is 0 Å². The third kappa shape index (κ3) is 6.06. The molecular weight excluding hydrogens is 318 g/mol. The van der Waals surface area contributed by atoms with Crippen molar-refractivity contribution in [1.29, 1.82) is 0 Å². The monoisotopic (exact) mass is 351 g/mol. The summed E-state index contributed by atoms with van der Waals surface area (Å²) in [5, 5.41) is 8.00. The van der Waals surface area contributed by atoms with E-state index in [1.165, 1.54) is 35.8 Å². The van der Waals surface area contributed by atoms with Crippen LogP contribution in [0.4, 0.5) is 0 Å². The van der Waals surface area contributed by atoms with E-state index in [4.69, 9.17) is 4.99 Å². The van der Waals surface area contributed by atoms with E-state index in [1.807, 2.05) is 6.20 Å². The molecular formula is C18H33N5S. The highest BCUT2D eigenvalue weighted by atomic mass is 32.1. The van der Waals surface area contributed by atoms with Gasteiger partial charge in [0.1, 0.15) is 0 Å². The van der Waals surface area contributed by atoms with Crippen molar-refractivity contribution in [2.45, 2.75) is 53.0 Å². The Kier molecular flexibility index (Phi) is 7.99. The highest BCUT2D eigenvalue weighted by Crippen LogP contribution is 2.18. The van der Waals surface area contributed by atoms with Gasteiger partial charge in [-0.05, 0) is 45.7 Å². The molecule has 0 spiro atoms. The van der Waals surface area contributed by atoms with Crippen LogP contribution in [-0.4, -0.2) is 54.6 Å². The Morgan fingerprint density at radius 1 is 1.33 bits per heavy atom. The quantitative estimate of drug-likeness (QED) is 0.558. The summed E-state index contributed by atoms with van der Waals surface area (Å²) in [4.78, 5) is 13.2. The number of aryl methyl sites for hydroxylation is 1. The fraction of sp³-hybridized carbons (Fsp3) is 0.778. The van der Waals surface area contributed by atoms with E-state index in [1.54, 1.807) is 11.3 Å². The van der Waals surface area contributed by atoms with Gasteiger partial charge in [0.2, 0.25) is 0 Å². The zero-order valence-corrected chi connectivity index (χ0v) is 16.5. The van der Waals surface area contributed by atoms with E-state index in [0.717, 1.165) is 32.0 Å². The van der Waals surface area contributed by atoms with Crippen molar-refractivity contribution < 1.29 is 0 Å². The van der Waals surface area contributed by atoms with Gasteiger partial charge < -0.3 is 10.6 Å². The summed E-state index contributed by atoms with van der Waals surface area (Å²) in [6.45, 7) is 13.9. The summed E-state index contributed by atoms with van der Waals surface area (Å²) in [5.41, 5.74) is 0. The Bertz CT molecular complexity index is 505. The standard InChI is InChI=1S/C18H33N5S/c1-5-19-18(20-9-8-17-21-12-15(4)24-17)22-13-16(14(2)3)23-10-6-7-11-23/h12,14,16H,5-11,13H2,1-4H3,(H2,19,20,22). The Morgan fingerprint density at radius 3 is 2.67 bits per heavy atom. The topological polar surface area (TPSA) is 52.6 Å². The highest BCUT2D eigenvalue weighted by molar-refractivity contribution is 7.11. The average Bonchev–Trinajstić information content (AvgIpc) is 3.19. The number of nitrogens with one attached hydrogen (secondary N) is 2. The van der Waals surface area contributed by atoms with Gasteiger partial charge in [0, 0.05) is 36.6 Å². The molecule has 2 rings (SSSR count). The maximum absolute atomic E-state index is 4.85. The third-order valence-electron chi connectivity index (χ3n) is 4.46. The van der Waals surface area contributed by atoms with Crippen molar-refractivity contribution >= 4 is 17.3 Å². The molecule has 0 aliphatic carbocycles.